The van der Waals surface area contributed by atoms with Crippen molar-refractivity contribution >= 4 is 22.8 Å². The van der Waals surface area contributed by atoms with E-state index in [2.05, 4.69) is 17.4 Å². The van der Waals surface area contributed by atoms with Gasteiger partial charge in [-0.25, -0.2) is 9.37 Å². The minimum Gasteiger partial charge on any atom is -0.352 e. The van der Waals surface area contributed by atoms with E-state index in [0.29, 0.717) is 44.8 Å². The number of carbonyl (C=O) groups is 1. The van der Waals surface area contributed by atoms with Crippen molar-refractivity contribution in [2.24, 2.45) is 5.92 Å². The molecular weight excluding hydrogens is 455 g/mol. The third-order valence-corrected chi connectivity index (χ3v) is 6.84. The normalized spacial score (nSPS) is 14.2. The average Bonchev–Trinajstić information content (AvgIpc) is 2.91. The van der Waals surface area contributed by atoms with Crippen LogP contribution < -0.4 is 15.8 Å². The number of nitrogens with one attached hydrogen (secondary N) is 1. The van der Waals surface area contributed by atoms with Gasteiger partial charge in [0.25, 0.3) is 5.56 Å². The molecule has 1 aromatic heterocycles. The van der Waals surface area contributed by atoms with Crippen molar-refractivity contribution in [3.05, 3.63) is 106 Å². The maximum atomic E-state index is 13.6. The quantitative estimate of drug-likeness (QED) is 0.440. The maximum absolute atomic E-state index is 13.6. The van der Waals surface area contributed by atoms with E-state index < -0.39 is 0 Å². The number of carbonyl (C=O) groups excluding carboxylic acids is 1. The van der Waals surface area contributed by atoms with Crippen LogP contribution in [-0.2, 0) is 17.9 Å². The molecule has 6 nitrogen and oxygen atoms in total. The fourth-order valence-corrected chi connectivity index (χ4v) is 4.71. The van der Waals surface area contributed by atoms with Crippen LogP contribution in [0, 0.1) is 18.7 Å². The number of anilines is 1. The molecule has 0 radical (unpaired) electrons. The molecule has 184 valence electrons. The minimum atomic E-state index is -0.294. The molecule has 7 heteroatoms. The van der Waals surface area contributed by atoms with Gasteiger partial charge in [-0.05, 0) is 55.2 Å². The molecule has 1 saturated heterocycles. The van der Waals surface area contributed by atoms with E-state index in [-0.39, 0.29) is 23.2 Å². The van der Waals surface area contributed by atoms with Crippen molar-refractivity contribution in [3.8, 4) is 0 Å². The van der Waals surface area contributed by atoms with Gasteiger partial charge < -0.3 is 10.2 Å². The first-order chi connectivity index (χ1) is 17.5. The van der Waals surface area contributed by atoms with E-state index >= 15 is 0 Å². The molecule has 5 rings (SSSR count). The average molecular weight is 485 g/mol. The lowest BCUT2D eigenvalue weighted by molar-refractivity contribution is -0.125. The van der Waals surface area contributed by atoms with Gasteiger partial charge in [0.05, 0.1) is 17.6 Å². The van der Waals surface area contributed by atoms with Crippen molar-refractivity contribution in [3.63, 3.8) is 0 Å². The molecule has 1 fully saturated rings. The topological polar surface area (TPSA) is 67.2 Å². The molecule has 0 aliphatic carbocycles. The van der Waals surface area contributed by atoms with Gasteiger partial charge in [-0.15, -0.1) is 0 Å². The Bertz CT molecular complexity index is 1420. The number of benzene rings is 3. The molecule has 3 aromatic carbocycles. The number of hydrogen-bond donors (Lipinski definition) is 1. The minimum absolute atomic E-state index is 0.0118. The standard InChI is InChI=1S/C29H29FN4O2/c1-20-6-8-22(9-7-20)19-34-26-5-3-2-4-25(26)32-27(29(34)36)33-16-14-23(15-17-33)28(35)31-18-21-10-12-24(30)13-11-21/h2-13,23H,14-19H2,1H3,(H,31,35). The summed E-state index contributed by atoms with van der Waals surface area (Å²) in [4.78, 5) is 33.1. The molecule has 4 aromatic rings. The number of aryl methyl sites for hydroxylation is 1. The number of fused-ring (bicyclic) bond motifs is 1. The van der Waals surface area contributed by atoms with Crippen LogP contribution in [0.5, 0.6) is 0 Å². The highest BCUT2D eigenvalue weighted by Crippen LogP contribution is 2.23. The van der Waals surface area contributed by atoms with E-state index in [9.17, 15) is 14.0 Å². The predicted octanol–water partition coefficient (Wildman–Crippen LogP) is 4.43. The van der Waals surface area contributed by atoms with Crippen LogP contribution in [0.4, 0.5) is 10.2 Å². The van der Waals surface area contributed by atoms with Gasteiger partial charge in [0.15, 0.2) is 5.82 Å². The fraction of sp³-hybridized carbons (Fsp3) is 0.276. The third-order valence-electron chi connectivity index (χ3n) is 6.84. The largest absolute Gasteiger partial charge is 0.352 e. The summed E-state index contributed by atoms with van der Waals surface area (Å²) in [5, 5.41) is 2.96. The number of piperidine rings is 1. The third kappa shape index (κ3) is 5.15. The molecular formula is C29H29FN4O2. The summed E-state index contributed by atoms with van der Waals surface area (Å²) in [6.45, 7) is 4.05. The molecule has 0 unspecified atom stereocenters. The Morgan fingerprint density at radius 1 is 0.972 bits per heavy atom. The van der Waals surface area contributed by atoms with Crippen LogP contribution >= 0.6 is 0 Å². The molecule has 0 spiro atoms. The molecule has 1 N–H and O–H groups in total. The first-order valence-corrected chi connectivity index (χ1v) is 12.3. The lowest BCUT2D eigenvalue weighted by Crippen LogP contribution is -2.43. The molecule has 36 heavy (non-hydrogen) atoms. The zero-order valence-corrected chi connectivity index (χ0v) is 20.3. The number of para-hydroxylation sites is 2. The summed E-state index contributed by atoms with van der Waals surface area (Å²) < 4.78 is 14.9. The molecule has 0 bridgehead atoms. The number of amides is 1. The second kappa shape index (κ2) is 10.3. The number of hydrogen-bond acceptors (Lipinski definition) is 4. The van der Waals surface area contributed by atoms with Gasteiger partial charge >= 0.3 is 0 Å². The summed E-state index contributed by atoms with van der Waals surface area (Å²) in [6.07, 6.45) is 1.28. The number of rotatable bonds is 6. The van der Waals surface area contributed by atoms with E-state index in [0.717, 1.165) is 22.2 Å². The van der Waals surface area contributed by atoms with Gasteiger partial charge in [0, 0.05) is 25.6 Å². The van der Waals surface area contributed by atoms with Crippen molar-refractivity contribution in [2.75, 3.05) is 18.0 Å². The molecule has 1 amide bonds. The van der Waals surface area contributed by atoms with Gasteiger partial charge in [-0.1, -0.05) is 54.1 Å². The highest BCUT2D eigenvalue weighted by molar-refractivity contribution is 5.79. The van der Waals surface area contributed by atoms with Crippen molar-refractivity contribution in [1.82, 2.24) is 14.9 Å². The summed E-state index contributed by atoms with van der Waals surface area (Å²) in [5.74, 6) is 0.00262. The SMILES string of the molecule is Cc1ccc(Cn2c(=O)c(N3CCC(C(=O)NCc4ccc(F)cc4)CC3)nc3ccccc32)cc1. The van der Waals surface area contributed by atoms with Crippen molar-refractivity contribution in [1.29, 1.82) is 0 Å². The molecule has 0 atom stereocenters. The Morgan fingerprint density at radius 2 is 1.64 bits per heavy atom. The zero-order valence-electron chi connectivity index (χ0n) is 20.3. The van der Waals surface area contributed by atoms with Crippen LogP contribution in [-0.4, -0.2) is 28.5 Å². The Hall–Kier alpha value is -4.00. The van der Waals surface area contributed by atoms with Gasteiger partial charge in [-0.2, -0.15) is 0 Å². The highest BCUT2D eigenvalue weighted by Gasteiger charge is 2.27. The van der Waals surface area contributed by atoms with Gasteiger partial charge in [0.1, 0.15) is 5.82 Å². The lowest BCUT2D eigenvalue weighted by atomic mass is 9.96. The number of halogens is 1. The highest BCUT2D eigenvalue weighted by atomic mass is 19.1. The fourth-order valence-electron chi connectivity index (χ4n) is 4.71. The summed E-state index contributed by atoms with van der Waals surface area (Å²) in [7, 11) is 0. The van der Waals surface area contributed by atoms with Crippen LogP contribution in [0.2, 0.25) is 0 Å². The molecule has 2 heterocycles. The zero-order chi connectivity index (χ0) is 25.1. The smallest absolute Gasteiger partial charge is 0.294 e. The lowest BCUT2D eigenvalue weighted by Gasteiger charge is -2.32. The van der Waals surface area contributed by atoms with E-state index in [1.807, 2.05) is 48.2 Å². The Labute approximate surface area is 209 Å². The monoisotopic (exact) mass is 484 g/mol. The van der Waals surface area contributed by atoms with Gasteiger partial charge in [-0.3, -0.25) is 14.2 Å². The van der Waals surface area contributed by atoms with Crippen LogP contribution in [0.25, 0.3) is 11.0 Å². The number of aromatic nitrogens is 2. The Morgan fingerprint density at radius 3 is 2.36 bits per heavy atom. The second-order valence-electron chi connectivity index (χ2n) is 9.41. The summed E-state index contributed by atoms with van der Waals surface area (Å²) >= 11 is 0. The first-order valence-electron chi connectivity index (χ1n) is 12.3. The van der Waals surface area contributed by atoms with Crippen molar-refractivity contribution < 1.29 is 9.18 Å². The molecule has 0 saturated carbocycles. The maximum Gasteiger partial charge on any atom is 0.294 e. The Balaban J connectivity index is 1.31. The van der Waals surface area contributed by atoms with E-state index in [1.165, 1.54) is 17.7 Å². The van der Waals surface area contributed by atoms with Crippen molar-refractivity contribution in [2.45, 2.75) is 32.9 Å². The summed E-state index contributed by atoms with van der Waals surface area (Å²) in [6, 6.07) is 22.0. The molecule has 1 aliphatic heterocycles. The van der Waals surface area contributed by atoms with Crippen LogP contribution in [0.3, 0.4) is 0 Å². The molecule has 1 aliphatic rings. The second-order valence-corrected chi connectivity index (χ2v) is 9.41. The van der Waals surface area contributed by atoms with E-state index in [1.54, 1.807) is 16.7 Å². The van der Waals surface area contributed by atoms with E-state index in [4.69, 9.17) is 4.98 Å². The number of nitrogens with zero attached hydrogens (tertiary/aromatic N) is 3. The summed E-state index contributed by atoms with van der Waals surface area (Å²) in [5.41, 5.74) is 4.56. The van der Waals surface area contributed by atoms with Gasteiger partial charge in [0.2, 0.25) is 5.91 Å². The van der Waals surface area contributed by atoms with Crippen LogP contribution in [0.1, 0.15) is 29.5 Å². The predicted molar refractivity (Wildman–Crippen MR) is 139 cm³/mol. The van der Waals surface area contributed by atoms with Crippen LogP contribution in [0.15, 0.2) is 77.6 Å². The first kappa shape index (κ1) is 23.7. The Kier molecular flexibility index (Phi) is 6.80.